The van der Waals surface area contributed by atoms with E-state index in [-0.39, 0.29) is 5.91 Å². The van der Waals surface area contributed by atoms with E-state index >= 15 is 0 Å². The first-order valence-electron chi connectivity index (χ1n) is 7.03. The van der Waals surface area contributed by atoms with Crippen molar-refractivity contribution in [1.29, 1.82) is 0 Å². The molecule has 0 spiro atoms. The van der Waals surface area contributed by atoms with Crippen LogP contribution in [0.5, 0.6) is 0 Å². The first kappa shape index (κ1) is 14.0. The quantitative estimate of drug-likeness (QED) is 0.804. The Bertz CT molecular complexity index is 766. The molecule has 3 rings (SSSR count). The highest BCUT2D eigenvalue weighted by atomic mass is 16.2. The number of hydrogen-bond donors (Lipinski definition) is 1. The van der Waals surface area contributed by atoms with Crippen LogP contribution in [0.4, 0.5) is 5.82 Å². The maximum atomic E-state index is 12.2. The zero-order valence-corrected chi connectivity index (χ0v) is 12.2. The third kappa shape index (κ3) is 3.20. The van der Waals surface area contributed by atoms with Crippen molar-refractivity contribution in [2.75, 3.05) is 5.32 Å². The summed E-state index contributed by atoms with van der Waals surface area (Å²) in [6.45, 7) is 2.50. The maximum absolute atomic E-state index is 12.2. The molecule has 0 unspecified atom stereocenters. The molecule has 110 valence electrons. The topological polar surface area (TPSA) is 59.8 Å². The maximum Gasteiger partial charge on any atom is 0.275 e. The highest BCUT2D eigenvalue weighted by molar-refractivity contribution is 6.02. The van der Waals surface area contributed by atoms with Crippen molar-refractivity contribution >= 4 is 11.7 Å². The van der Waals surface area contributed by atoms with Gasteiger partial charge in [-0.05, 0) is 24.6 Å². The van der Waals surface area contributed by atoms with Gasteiger partial charge in [-0.1, -0.05) is 36.4 Å². The fourth-order valence-corrected chi connectivity index (χ4v) is 2.20. The number of rotatable bonds is 4. The molecule has 5 nitrogen and oxygen atoms in total. The van der Waals surface area contributed by atoms with Crippen molar-refractivity contribution in [2.24, 2.45) is 0 Å². The molecule has 0 aliphatic carbocycles. The second kappa shape index (κ2) is 6.22. The Morgan fingerprint density at radius 3 is 2.64 bits per heavy atom. The molecule has 1 N–H and O–H groups in total. The molecule has 2 heterocycles. The van der Waals surface area contributed by atoms with Gasteiger partial charge in [0.25, 0.3) is 5.91 Å². The number of carbonyl (C=O) groups excluding carboxylic acids is 1. The smallest absolute Gasteiger partial charge is 0.275 e. The van der Waals surface area contributed by atoms with E-state index in [2.05, 4.69) is 15.4 Å². The Kier molecular flexibility index (Phi) is 3.96. The molecule has 0 aliphatic heterocycles. The molecule has 0 fully saturated rings. The lowest BCUT2D eigenvalue weighted by atomic mass is 10.2. The summed E-state index contributed by atoms with van der Waals surface area (Å²) in [5, 5.41) is 7.30. The number of nitrogens with one attached hydrogen (secondary N) is 1. The Balaban J connectivity index is 1.81. The molecular weight excluding hydrogens is 276 g/mol. The summed E-state index contributed by atoms with van der Waals surface area (Å²) in [5.41, 5.74) is 2.36. The lowest BCUT2D eigenvalue weighted by Crippen LogP contribution is -2.17. The average molecular weight is 292 g/mol. The van der Waals surface area contributed by atoms with Crippen LogP contribution in [0.15, 0.2) is 60.8 Å². The lowest BCUT2D eigenvalue weighted by Gasteiger charge is -2.08. The molecular formula is C17H16N4O. The number of aromatic nitrogens is 3. The van der Waals surface area contributed by atoms with Crippen LogP contribution in [0, 0.1) is 6.92 Å². The number of amides is 1. The number of pyridine rings is 1. The fourth-order valence-electron chi connectivity index (χ4n) is 2.20. The molecule has 0 saturated carbocycles. The van der Waals surface area contributed by atoms with Gasteiger partial charge in [-0.2, -0.15) is 5.10 Å². The molecule has 1 amide bonds. The molecule has 0 bridgehead atoms. The molecule has 22 heavy (non-hydrogen) atoms. The van der Waals surface area contributed by atoms with Crippen LogP contribution < -0.4 is 5.32 Å². The van der Waals surface area contributed by atoms with Gasteiger partial charge in [0.2, 0.25) is 0 Å². The number of hydrogen-bond acceptors (Lipinski definition) is 3. The third-order valence-electron chi connectivity index (χ3n) is 3.22. The van der Waals surface area contributed by atoms with Gasteiger partial charge in [0.1, 0.15) is 11.5 Å². The van der Waals surface area contributed by atoms with Crippen molar-refractivity contribution < 1.29 is 4.79 Å². The number of benzene rings is 1. The van der Waals surface area contributed by atoms with Crippen LogP contribution in [0.1, 0.15) is 21.7 Å². The molecule has 5 heteroatoms. The summed E-state index contributed by atoms with van der Waals surface area (Å²) < 4.78 is 1.78. The molecule has 3 aromatic rings. The summed E-state index contributed by atoms with van der Waals surface area (Å²) in [6.07, 6.45) is 1.60. The summed E-state index contributed by atoms with van der Waals surface area (Å²) in [7, 11) is 0. The highest BCUT2D eigenvalue weighted by Gasteiger charge is 2.12. The minimum Gasteiger partial charge on any atom is -0.305 e. The van der Waals surface area contributed by atoms with Gasteiger partial charge in [0.05, 0.1) is 12.2 Å². The van der Waals surface area contributed by atoms with Crippen molar-refractivity contribution in [3.63, 3.8) is 0 Å². The predicted octanol–water partition coefficient (Wildman–Crippen LogP) is 2.89. The van der Waals surface area contributed by atoms with Crippen LogP contribution in [0.2, 0.25) is 0 Å². The monoisotopic (exact) mass is 292 g/mol. The number of nitrogens with zero attached hydrogens (tertiary/aromatic N) is 3. The second-order valence-corrected chi connectivity index (χ2v) is 4.98. The SMILES string of the molecule is Cc1cc(NC(=O)c2ccccn2)n(Cc2ccccc2)n1. The van der Waals surface area contributed by atoms with E-state index in [9.17, 15) is 4.79 Å². The number of carbonyl (C=O) groups is 1. The largest absolute Gasteiger partial charge is 0.305 e. The van der Waals surface area contributed by atoms with E-state index in [4.69, 9.17) is 0 Å². The first-order chi connectivity index (χ1) is 10.7. The molecule has 2 aromatic heterocycles. The molecule has 0 radical (unpaired) electrons. The van der Waals surface area contributed by atoms with E-state index in [1.807, 2.05) is 43.3 Å². The van der Waals surface area contributed by atoms with Gasteiger partial charge < -0.3 is 5.32 Å². The van der Waals surface area contributed by atoms with Gasteiger partial charge in [-0.15, -0.1) is 0 Å². The van der Waals surface area contributed by atoms with Crippen LogP contribution in [-0.2, 0) is 6.54 Å². The Morgan fingerprint density at radius 2 is 1.91 bits per heavy atom. The van der Waals surface area contributed by atoms with E-state index in [1.54, 1.807) is 29.1 Å². The van der Waals surface area contributed by atoms with Crippen molar-refractivity contribution in [3.8, 4) is 0 Å². The summed E-state index contributed by atoms with van der Waals surface area (Å²) in [6, 6.07) is 17.1. The lowest BCUT2D eigenvalue weighted by molar-refractivity contribution is 0.102. The number of anilines is 1. The highest BCUT2D eigenvalue weighted by Crippen LogP contribution is 2.14. The van der Waals surface area contributed by atoms with Crippen LogP contribution >= 0.6 is 0 Å². The van der Waals surface area contributed by atoms with E-state index < -0.39 is 0 Å². The fraction of sp³-hybridized carbons (Fsp3) is 0.118. The summed E-state index contributed by atoms with van der Waals surface area (Å²) in [4.78, 5) is 16.3. The summed E-state index contributed by atoms with van der Waals surface area (Å²) in [5.74, 6) is 0.423. The van der Waals surface area contributed by atoms with E-state index in [1.165, 1.54) is 0 Å². The van der Waals surface area contributed by atoms with Crippen molar-refractivity contribution in [1.82, 2.24) is 14.8 Å². The molecule has 0 atom stereocenters. The zero-order chi connectivity index (χ0) is 15.4. The first-order valence-corrected chi connectivity index (χ1v) is 7.03. The Labute approximate surface area is 128 Å². The van der Waals surface area contributed by atoms with Crippen molar-refractivity contribution in [3.05, 3.63) is 77.7 Å². The molecule has 0 aliphatic rings. The van der Waals surface area contributed by atoms with Gasteiger partial charge in [0.15, 0.2) is 0 Å². The third-order valence-corrected chi connectivity index (χ3v) is 3.22. The Hall–Kier alpha value is -2.95. The predicted molar refractivity (Wildman–Crippen MR) is 84.7 cm³/mol. The number of aryl methyl sites for hydroxylation is 1. The van der Waals surface area contributed by atoms with Gasteiger partial charge in [-0.25, -0.2) is 4.68 Å². The molecule has 0 saturated heterocycles. The van der Waals surface area contributed by atoms with Gasteiger partial charge in [-0.3, -0.25) is 9.78 Å². The van der Waals surface area contributed by atoms with Crippen LogP contribution in [0.25, 0.3) is 0 Å². The zero-order valence-electron chi connectivity index (χ0n) is 12.2. The normalized spacial score (nSPS) is 10.4. The summed E-state index contributed by atoms with van der Waals surface area (Å²) >= 11 is 0. The minimum atomic E-state index is -0.241. The second-order valence-electron chi connectivity index (χ2n) is 4.98. The average Bonchev–Trinajstić information content (AvgIpc) is 2.88. The Morgan fingerprint density at radius 1 is 1.14 bits per heavy atom. The van der Waals surface area contributed by atoms with Crippen LogP contribution in [0.3, 0.4) is 0 Å². The van der Waals surface area contributed by atoms with Gasteiger partial charge >= 0.3 is 0 Å². The standard InChI is InChI=1S/C17H16N4O/c1-13-11-16(19-17(22)15-9-5-6-10-18-15)21(20-13)12-14-7-3-2-4-8-14/h2-11H,12H2,1H3,(H,19,22). The van der Waals surface area contributed by atoms with Gasteiger partial charge in [0, 0.05) is 12.3 Å². The van der Waals surface area contributed by atoms with E-state index in [0.29, 0.717) is 18.1 Å². The minimum absolute atomic E-state index is 0.241. The van der Waals surface area contributed by atoms with Crippen molar-refractivity contribution in [2.45, 2.75) is 13.5 Å². The van der Waals surface area contributed by atoms with Crippen LogP contribution in [-0.4, -0.2) is 20.7 Å². The molecule has 1 aromatic carbocycles. The van der Waals surface area contributed by atoms with E-state index in [0.717, 1.165) is 11.3 Å².